The zero-order chi connectivity index (χ0) is 13.7. The lowest BCUT2D eigenvalue weighted by atomic mass is 9.97. The number of rotatable bonds is 7. The van der Waals surface area contributed by atoms with Crippen molar-refractivity contribution in [1.82, 2.24) is 5.32 Å². The molecule has 1 amide bonds. The van der Waals surface area contributed by atoms with E-state index in [0.717, 1.165) is 24.8 Å². The van der Waals surface area contributed by atoms with E-state index in [1.165, 1.54) is 0 Å². The highest BCUT2D eigenvalue weighted by Gasteiger charge is 2.42. The Morgan fingerprint density at radius 3 is 2.58 bits per heavy atom. The van der Waals surface area contributed by atoms with E-state index in [4.69, 9.17) is 10.8 Å². The Balaban J connectivity index is 1.91. The largest absolute Gasteiger partial charge is 0.396 e. The maximum Gasteiger partial charge on any atom is 0.228 e. The first-order chi connectivity index (χ1) is 9.21. The molecule has 0 heterocycles. The van der Waals surface area contributed by atoms with Gasteiger partial charge in [0.1, 0.15) is 0 Å². The van der Waals surface area contributed by atoms with Gasteiger partial charge in [-0.25, -0.2) is 0 Å². The molecule has 0 radical (unpaired) electrons. The van der Waals surface area contributed by atoms with Crippen LogP contribution < -0.4 is 11.1 Å². The fourth-order valence-corrected chi connectivity index (χ4v) is 2.41. The molecule has 2 rings (SSSR count). The van der Waals surface area contributed by atoms with Crippen molar-refractivity contribution in [2.24, 2.45) is 11.1 Å². The molecule has 4 nitrogen and oxygen atoms in total. The molecule has 0 aromatic heterocycles. The highest BCUT2D eigenvalue weighted by molar-refractivity contribution is 5.83. The van der Waals surface area contributed by atoms with E-state index in [1.807, 2.05) is 30.3 Å². The summed E-state index contributed by atoms with van der Waals surface area (Å²) in [6.07, 6.45) is 2.95. The van der Waals surface area contributed by atoms with Crippen LogP contribution in [0, 0.1) is 5.41 Å². The zero-order valence-corrected chi connectivity index (χ0v) is 11.1. The predicted molar refractivity (Wildman–Crippen MR) is 74.6 cm³/mol. The van der Waals surface area contributed by atoms with Gasteiger partial charge in [-0.05, 0) is 30.2 Å². The van der Waals surface area contributed by atoms with Gasteiger partial charge in [0, 0.05) is 19.7 Å². The van der Waals surface area contributed by atoms with Gasteiger partial charge in [0.25, 0.3) is 0 Å². The number of aliphatic hydroxyl groups is 1. The number of carbonyl (C=O) groups is 1. The molecule has 1 atom stereocenters. The fourth-order valence-electron chi connectivity index (χ4n) is 2.41. The molecule has 1 aromatic rings. The van der Waals surface area contributed by atoms with Gasteiger partial charge in [-0.2, -0.15) is 0 Å². The van der Waals surface area contributed by atoms with Crippen LogP contribution in [0.15, 0.2) is 30.3 Å². The van der Waals surface area contributed by atoms with Crippen LogP contribution in [0.3, 0.4) is 0 Å². The second kappa shape index (κ2) is 6.17. The standard InChI is InChI=1S/C15H22N2O2/c16-10-13(12-4-2-1-3-5-12)14(19)17-11-15(6-7-15)8-9-18/h1-5,13,18H,6-11,16H2,(H,17,19). The summed E-state index contributed by atoms with van der Waals surface area (Å²) in [6, 6.07) is 9.61. The lowest BCUT2D eigenvalue weighted by Gasteiger charge is -2.19. The van der Waals surface area contributed by atoms with Crippen LogP contribution in [0.2, 0.25) is 0 Å². The lowest BCUT2D eigenvalue weighted by molar-refractivity contribution is -0.122. The van der Waals surface area contributed by atoms with Crippen molar-refractivity contribution in [2.45, 2.75) is 25.2 Å². The fraction of sp³-hybridized carbons (Fsp3) is 0.533. The molecular weight excluding hydrogens is 240 g/mol. The number of nitrogens with one attached hydrogen (secondary N) is 1. The van der Waals surface area contributed by atoms with Gasteiger partial charge in [-0.1, -0.05) is 30.3 Å². The minimum atomic E-state index is -0.286. The van der Waals surface area contributed by atoms with E-state index in [1.54, 1.807) is 0 Å². The van der Waals surface area contributed by atoms with E-state index in [2.05, 4.69) is 5.32 Å². The zero-order valence-electron chi connectivity index (χ0n) is 11.1. The highest BCUT2D eigenvalue weighted by Crippen LogP contribution is 2.47. The first-order valence-corrected chi connectivity index (χ1v) is 6.84. The molecule has 104 valence electrons. The normalized spacial score (nSPS) is 17.8. The van der Waals surface area contributed by atoms with Crippen molar-refractivity contribution in [3.8, 4) is 0 Å². The van der Waals surface area contributed by atoms with Gasteiger partial charge >= 0.3 is 0 Å². The van der Waals surface area contributed by atoms with Gasteiger partial charge in [-0.3, -0.25) is 4.79 Å². The Bertz CT molecular complexity index is 415. The first-order valence-electron chi connectivity index (χ1n) is 6.84. The average Bonchev–Trinajstić information content (AvgIpc) is 3.19. The van der Waals surface area contributed by atoms with Crippen molar-refractivity contribution in [3.05, 3.63) is 35.9 Å². The Morgan fingerprint density at radius 2 is 2.05 bits per heavy atom. The summed E-state index contributed by atoms with van der Waals surface area (Å²) in [5.41, 5.74) is 6.81. The molecule has 1 unspecified atom stereocenters. The van der Waals surface area contributed by atoms with E-state index >= 15 is 0 Å². The summed E-state index contributed by atoms with van der Waals surface area (Å²) >= 11 is 0. The van der Waals surface area contributed by atoms with Gasteiger partial charge in [0.15, 0.2) is 0 Å². The number of amides is 1. The number of aliphatic hydroxyl groups excluding tert-OH is 1. The predicted octanol–water partition coefficient (Wildman–Crippen LogP) is 1.01. The molecule has 4 heteroatoms. The second-order valence-electron chi connectivity index (χ2n) is 5.39. The molecule has 1 aromatic carbocycles. The van der Waals surface area contributed by atoms with Crippen LogP contribution in [-0.2, 0) is 4.79 Å². The third-order valence-corrected chi connectivity index (χ3v) is 3.99. The van der Waals surface area contributed by atoms with Crippen LogP contribution >= 0.6 is 0 Å². The second-order valence-corrected chi connectivity index (χ2v) is 5.39. The molecule has 0 spiro atoms. The number of hydrogen-bond donors (Lipinski definition) is 3. The van der Waals surface area contributed by atoms with Crippen molar-refractivity contribution in [2.75, 3.05) is 19.7 Å². The molecule has 19 heavy (non-hydrogen) atoms. The number of benzene rings is 1. The van der Waals surface area contributed by atoms with Crippen molar-refractivity contribution in [3.63, 3.8) is 0 Å². The molecule has 1 aliphatic rings. The van der Waals surface area contributed by atoms with E-state index in [0.29, 0.717) is 13.1 Å². The molecule has 1 saturated carbocycles. The van der Waals surface area contributed by atoms with Crippen molar-refractivity contribution >= 4 is 5.91 Å². The molecule has 0 saturated heterocycles. The molecule has 4 N–H and O–H groups in total. The summed E-state index contributed by atoms with van der Waals surface area (Å²) in [4.78, 5) is 12.2. The summed E-state index contributed by atoms with van der Waals surface area (Å²) < 4.78 is 0. The first kappa shape index (κ1) is 14.0. The molecule has 0 aliphatic heterocycles. The van der Waals surface area contributed by atoms with Crippen molar-refractivity contribution in [1.29, 1.82) is 0 Å². The Morgan fingerprint density at radius 1 is 1.37 bits per heavy atom. The quantitative estimate of drug-likeness (QED) is 0.686. The Kier molecular flexibility index (Phi) is 4.56. The van der Waals surface area contributed by atoms with Crippen LogP contribution in [0.4, 0.5) is 0 Å². The summed E-state index contributed by atoms with van der Waals surface area (Å²) in [6.45, 7) is 1.15. The number of hydrogen-bond acceptors (Lipinski definition) is 3. The minimum absolute atomic E-state index is 0.0158. The molecule has 0 bridgehead atoms. The van der Waals surface area contributed by atoms with Crippen LogP contribution in [-0.4, -0.2) is 30.7 Å². The summed E-state index contributed by atoms with van der Waals surface area (Å²) in [5.74, 6) is -0.302. The Hall–Kier alpha value is -1.39. The summed E-state index contributed by atoms with van der Waals surface area (Å²) in [7, 11) is 0. The average molecular weight is 262 g/mol. The van der Waals surface area contributed by atoms with Crippen LogP contribution in [0.5, 0.6) is 0 Å². The van der Waals surface area contributed by atoms with E-state index in [9.17, 15) is 4.79 Å². The topological polar surface area (TPSA) is 75.4 Å². The maximum absolute atomic E-state index is 12.2. The van der Waals surface area contributed by atoms with Crippen LogP contribution in [0.1, 0.15) is 30.7 Å². The number of carbonyl (C=O) groups excluding carboxylic acids is 1. The van der Waals surface area contributed by atoms with E-state index < -0.39 is 0 Å². The van der Waals surface area contributed by atoms with Gasteiger partial charge in [0.05, 0.1) is 5.92 Å². The van der Waals surface area contributed by atoms with Crippen molar-refractivity contribution < 1.29 is 9.90 Å². The lowest BCUT2D eigenvalue weighted by Crippen LogP contribution is -2.37. The monoisotopic (exact) mass is 262 g/mol. The third-order valence-electron chi connectivity index (χ3n) is 3.99. The van der Waals surface area contributed by atoms with Crippen LogP contribution in [0.25, 0.3) is 0 Å². The van der Waals surface area contributed by atoms with E-state index in [-0.39, 0.29) is 23.8 Å². The smallest absolute Gasteiger partial charge is 0.228 e. The summed E-state index contributed by atoms with van der Waals surface area (Å²) in [5, 5.41) is 12.0. The maximum atomic E-state index is 12.2. The Labute approximate surface area is 114 Å². The molecule has 1 aliphatic carbocycles. The molecular formula is C15H22N2O2. The third kappa shape index (κ3) is 3.55. The SMILES string of the molecule is NCC(C(=O)NCC1(CCO)CC1)c1ccccc1. The van der Waals surface area contributed by atoms with Gasteiger partial charge in [-0.15, -0.1) is 0 Å². The van der Waals surface area contributed by atoms with Gasteiger partial charge < -0.3 is 16.2 Å². The van der Waals surface area contributed by atoms with Gasteiger partial charge in [0.2, 0.25) is 5.91 Å². The molecule has 1 fully saturated rings. The number of nitrogens with two attached hydrogens (primary N) is 1. The highest BCUT2D eigenvalue weighted by atomic mass is 16.3. The minimum Gasteiger partial charge on any atom is -0.396 e.